The Kier molecular flexibility index (Phi) is 3.46. The molecule has 0 aromatic heterocycles. The fraction of sp³-hybridized carbons (Fsp3) is 0.769. The second-order valence-corrected chi connectivity index (χ2v) is 7.88. The zero-order chi connectivity index (χ0) is 16.2. The Hall–Kier alpha value is -1.25. The molecule has 1 saturated heterocycles. The van der Waals surface area contributed by atoms with E-state index in [0.29, 0.717) is 12.8 Å². The number of fused-ring (bicyclic) bond motifs is 3. The average molecular weight is 339 g/mol. The van der Waals surface area contributed by atoms with E-state index < -0.39 is 33.1 Å². The summed E-state index contributed by atoms with van der Waals surface area (Å²) in [5, 5.41) is 0. The maximum atomic E-state index is 12.7. The molecule has 3 rings (SSSR count). The van der Waals surface area contributed by atoms with Gasteiger partial charge in [-0.1, -0.05) is 25.3 Å². The summed E-state index contributed by atoms with van der Waals surface area (Å²) in [6.07, 6.45) is 5.04. The van der Waals surface area contributed by atoms with Gasteiger partial charge in [0.25, 0.3) is 0 Å². The van der Waals surface area contributed by atoms with Crippen LogP contribution < -0.4 is 0 Å². The van der Waals surface area contributed by atoms with Crippen molar-refractivity contribution in [2.24, 2.45) is 11.3 Å². The normalized spacial score (nSPS) is 31.2. The molecule has 5 nitrogen and oxygen atoms in total. The number of carbonyl (C=O) groups excluding carboxylic acids is 1. The molecule has 2 aliphatic heterocycles. The van der Waals surface area contributed by atoms with Crippen LogP contribution in [0.3, 0.4) is 0 Å². The standard InChI is InChI=1S/C13H16F3NO4S/c14-13(15,16)22(19,20)17-7-4-9-8-10(17)21-11(18)12(9)5-2-1-3-6-12/h4,7,9-10H,1-3,5-6,8H2. The van der Waals surface area contributed by atoms with Crippen molar-refractivity contribution in [1.29, 1.82) is 0 Å². The van der Waals surface area contributed by atoms with E-state index in [1.165, 1.54) is 6.08 Å². The van der Waals surface area contributed by atoms with Gasteiger partial charge in [-0.3, -0.25) is 4.79 Å². The van der Waals surface area contributed by atoms with Gasteiger partial charge < -0.3 is 4.74 Å². The molecule has 0 aromatic carbocycles. The quantitative estimate of drug-likeness (QED) is 0.689. The molecule has 2 fully saturated rings. The average Bonchev–Trinajstić information content (AvgIpc) is 2.45. The van der Waals surface area contributed by atoms with Gasteiger partial charge in [-0.05, 0) is 12.8 Å². The topological polar surface area (TPSA) is 63.7 Å². The van der Waals surface area contributed by atoms with Gasteiger partial charge in [0.05, 0.1) is 5.41 Å². The molecule has 2 heterocycles. The van der Waals surface area contributed by atoms with Gasteiger partial charge in [0.1, 0.15) is 0 Å². The highest BCUT2D eigenvalue weighted by atomic mass is 32.2. The molecular formula is C13H16F3NO4S. The van der Waals surface area contributed by atoms with E-state index in [0.717, 1.165) is 25.5 Å². The molecule has 2 atom stereocenters. The Bertz CT molecular complexity index is 607. The van der Waals surface area contributed by atoms with E-state index in [2.05, 4.69) is 0 Å². The lowest BCUT2D eigenvalue weighted by atomic mass is 9.63. The van der Waals surface area contributed by atoms with E-state index in [1.54, 1.807) is 0 Å². The number of rotatable bonds is 1. The second-order valence-electron chi connectivity index (χ2n) is 6.04. The van der Waals surface area contributed by atoms with Crippen LogP contribution in [0.5, 0.6) is 0 Å². The van der Waals surface area contributed by atoms with Gasteiger partial charge in [0, 0.05) is 18.5 Å². The van der Waals surface area contributed by atoms with Crippen molar-refractivity contribution in [2.45, 2.75) is 50.3 Å². The largest absolute Gasteiger partial charge is 0.516 e. The smallest absolute Gasteiger partial charge is 0.440 e. The summed E-state index contributed by atoms with van der Waals surface area (Å²) in [4.78, 5) is 12.3. The van der Waals surface area contributed by atoms with Crippen LogP contribution in [0.1, 0.15) is 38.5 Å². The summed E-state index contributed by atoms with van der Waals surface area (Å²) in [7, 11) is -5.55. The summed E-state index contributed by atoms with van der Waals surface area (Å²) >= 11 is 0. The van der Waals surface area contributed by atoms with Crippen molar-refractivity contribution < 1.29 is 31.1 Å². The summed E-state index contributed by atoms with van der Waals surface area (Å²) in [6.45, 7) is 0. The van der Waals surface area contributed by atoms with Gasteiger partial charge in [-0.25, -0.2) is 4.31 Å². The minimum Gasteiger partial charge on any atom is -0.440 e. The molecule has 9 heteroatoms. The number of hydrogen-bond acceptors (Lipinski definition) is 4. The van der Waals surface area contributed by atoms with Crippen molar-refractivity contribution in [2.75, 3.05) is 0 Å². The van der Waals surface area contributed by atoms with E-state index in [4.69, 9.17) is 4.74 Å². The first kappa shape index (κ1) is 15.6. The number of sulfonamides is 1. The molecule has 2 unspecified atom stereocenters. The lowest BCUT2D eigenvalue weighted by molar-refractivity contribution is -0.188. The number of allylic oxidation sites excluding steroid dienone is 1. The number of ether oxygens (including phenoxy) is 1. The number of carbonyl (C=O) groups is 1. The first-order valence-corrected chi connectivity index (χ1v) is 8.62. The highest BCUT2D eigenvalue weighted by molar-refractivity contribution is 7.90. The lowest BCUT2D eigenvalue weighted by Gasteiger charge is -2.49. The molecular weight excluding hydrogens is 323 g/mol. The molecule has 2 bridgehead atoms. The van der Waals surface area contributed by atoms with Crippen LogP contribution in [0, 0.1) is 11.3 Å². The maximum Gasteiger partial charge on any atom is 0.516 e. The van der Waals surface area contributed by atoms with E-state index in [-0.39, 0.29) is 16.6 Å². The van der Waals surface area contributed by atoms with Gasteiger partial charge in [0.2, 0.25) is 0 Å². The molecule has 0 N–H and O–H groups in total. The minimum atomic E-state index is -5.55. The Labute approximate surface area is 126 Å². The zero-order valence-electron chi connectivity index (χ0n) is 11.7. The van der Waals surface area contributed by atoms with Crippen LogP contribution in [0.15, 0.2) is 12.3 Å². The molecule has 1 saturated carbocycles. The minimum absolute atomic E-state index is 0.0809. The third-order valence-corrected chi connectivity index (χ3v) is 6.38. The number of halogens is 3. The van der Waals surface area contributed by atoms with Crippen molar-refractivity contribution >= 4 is 16.0 Å². The number of hydrogen-bond donors (Lipinski definition) is 0. The Balaban J connectivity index is 1.94. The predicted octanol–water partition coefficient (Wildman–Crippen LogP) is 2.51. The molecule has 124 valence electrons. The van der Waals surface area contributed by atoms with Crippen LogP contribution in [0.4, 0.5) is 13.2 Å². The summed E-state index contributed by atoms with van der Waals surface area (Å²) in [6, 6.07) is 0. The maximum absolute atomic E-state index is 12.7. The molecule has 0 aromatic rings. The fourth-order valence-electron chi connectivity index (χ4n) is 3.70. The molecule has 22 heavy (non-hydrogen) atoms. The van der Waals surface area contributed by atoms with Crippen molar-refractivity contribution in [1.82, 2.24) is 4.31 Å². The highest BCUT2D eigenvalue weighted by Crippen LogP contribution is 2.51. The molecule has 3 aliphatic rings. The van der Waals surface area contributed by atoms with Crippen LogP contribution in [0.2, 0.25) is 0 Å². The summed E-state index contributed by atoms with van der Waals surface area (Å²) in [5.74, 6) is -0.834. The third-order valence-electron chi connectivity index (χ3n) is 4.88. The number of alkyl halides is 3. The SMILES string of the molecule is O=C1OC2CC(C=CN2S(=O)(=O)C(F)(F)F)C12CCCCC2. The predicted molar refractivity (Wildman–Crippen MR) is 69.5 cm³/mol. The fourth-order valence-corrected chi connectivity index (χ4v) is 4.61. The summed E-state index contributed by atoms with van der Waals surface area (Å²) in [5.41, 5.74) is -6.12. The first-order chi connectivity index (χ1) is 10.2. The van der Waals surface area contributed by atoms with Crippen molar-refractivity contribution in [3.63, 3.8) is 0 Å². The second kappa shape index (κ2) is 4.87. The van der Waals surface area contributed by atoms with E-state index in [1.807, 2.05) is 0 Å². The molecule has 1 spiro atoms. The van der Waals surface area contributed by atoms with Crippen LogP contribution >= 0.6 is 0 Å². The number of esters is 1. The Morgan fingerprint density at radius 2 is 1.86 bits per heavy atom. The monoisotopic (exact) mass is 339 g/mol. The van der Waals surface area contributed by atoms with Gasteiger partial charge in [-0.15, -0.1) is 0 Å². The number of nitrogens with zero attached hydrogens (tertiary/aromatic N) is 1. The highest BCUT2D eigenvalue weighted by Gasteiger charge is 2.58. The van der Waals surface area contributed by atoms with Crippen molar-refractivity contribution in [3.05, 3.63) is 12.3 Å². The zero-order valence-corrected chi connectivity index (χ0v) is 12.5. The third kappa shape index (κ3) is 2.12. The van der Waals surface area contributed by atoms with Crippen molar-refractivity contribution in [3.8, 4) is 0 Å². The molecule has 0 amide bonds. The molecule has 0 radical (unpaired) electrons. The van der Waals surface area contributed by atoms with E-state index >= 15 is 0 Å². The van der Waals surface area contributed by atoms with Crippen LogP contribution in [-0.4, -0.2) is 30.4 Å². The van der Waals surface area contributed by atoms with Gasteiger partial charge >= 0.3 is 21.5 Å². The molecule has 1 aliphatic carbocycles. The van der Waals surface area contributed by atoms with Crippen LogP contribution in [0.25, 0.3) is 0 Å². The van der Waals surface area contributed by atoms with Gasteiger partial charge in [0.15, 0.2) is 6.23 Å². The lowest BCUT2D eigenvalue weighted by Crippen LogP contribution is -2.56. The Morgan fingerprint density at radius 1 is 1.23 bits per heavy atom. The summed E-state index contributed by atoms with van der Waals surface area (Å²) < 4.78 is 66.4. The van der Waals surface area contributed by atoms with E-state index in [9.17, 15) is 26.4 Å². The van der Waals surface area contributed by atoms with Gasteiger partial charge in [-0.2, -0.15) is 21.6 Å². The first-order valence-electron chi connectivity index (χ1n) is 7.18. The Morgan fingerprint density at radius 3 is 2.45 bits per heavy atom. The van der Waals surface area contributed by atoms with Crippen LogP contribution in [-0.2, 0) is 19.6 Å².